The molecule has 0 aliphatic carbocycles. The average molecular weight is 378 g/mol. The lowest BCUT2D eigenvalue weighted by Gasteiger charge is -2.09. The number of para-hydroxylation sites is 1. The Balaban J connectivity index is 1.43. The Morgan fingerprint density at radius 3 is 2.11 bits per heavy atom. The van der Waals surface area contributed by atoms with Gasteiger partial charge in [-0.05, 0) is 42.0 Å². The normalized spacial score (nSPS) is 10.1. The van der Waals surface area contributed by atoms with Gasteiger partial charge in [-0.3, -0.25) is 14.9 Å². The summed E-state index contributed by atoms with van der Waals surface area (Å²) in [5.41, 5.74) is 0.889. The molecule has 7 heteroatoms. The average Bonchev–Trinajstić information content (AvgIpc) is 2.73. The van der Waals surface area contributed by atoms with E-state index in [1.165, 1.54) is 24.3 Å². The summed E-state index contributed by atoms with van der Waals surface area (Å²) in [6.45, 7) is 0.182. The van der Waals surface area contributed by atoms with Crippen molar-refractivity contribution in [2.45, 2.75) is 6.54 Å². The molecule has 0 bridgehead atoms. The second kappa shape index (κ2) is 9.18. The molecular formula is C21H18N2O5. The van der Waals surface area contributed by atoms with Gasteiger partial charge in [0, 0.05) is 18.7 Å². The number of hydrogen-bond donors (Lipinski definition) is 1. The van der Waals surface area contributed by atoms with Crippen molar-refractivity contribution < 1.29 is 19.2 Å². The van der Waals surface area contributed by atoms with Gasteiger partial charge in [-0.2, -0.15) is 0 Å². The molecule has 7 nitrogen and oxygen atoms in total. The highest BCUT2D eigenvalue weighted by Crippen LogP contribution is 2.21. The van der Waals surface area contributed by atoms with Crippen LogP contribution in [-0.4, -0.2) is 17.4 Å². The van der Waals surface area contributed by atoms with Gasteiger partial charge in [-0.25, -0.2) is 0 Å². The van der Waals surface area contributed by atoms with Crippen molar-refractivity contribution >= 4 is 11.6 Å². The number of ether oxygens (including phenoxy) is 2. The van der Waals surface area contributed by atoms with E-state index in [0.717, 1.165) is 11.3 Å². The van der Waals surface area contributed by atoms with E-state index in [2.05, 4.69) is 5.32 Å². The maximum atomic E-state index is 11.9. The van der Waals surface area contributed by atoms with Gasteiger partial charge in [0.1, 0.15) is 17.2 Å². The topological polar surface area (TPSA) is 90.7 Å². The maximum Gasteiger partial charge on any atom is 0.269 e. The molecule has 0 radical (unpaired) electrons. The smallest absolute Gasteiger partial charge is 0.269 e. The first-order valence-corrected chi connectivity index (χ1v) is 8.56. The van der Waals surface area contributed by atoms with Gasteiger partial charge in [-0.15, -0.1) is 0 Å². The Morgan fingerprint density at radius 1 is 0.857 bits per heavy atom. The minimum atomic E-state index is -0.493. The fourth-order valence-electron chi connectivity index (χ4n) is 2.36. The van der Waals surface area contributed by atoms with Gasteiger partial charge in [0.05, 0.1) is 4.92 Å². The molecule has 1 amide bonds. The van der Waals surface area contributed by atoms with Gasteiger partial charge in [0.2, 0.25) is 0 Å². The lowest BCUT2D eigenvalue weighted by Crippen LogP contribution is -2.28. The second-order valence-electron chi connectivity index (χ2n) is 5.88. The Bertz CT molecular complexity index is 925. The summed E-state index contributed by atoms with van der Waals surface area (Å²) >= 11 is 0. The van der Waals surface area contributed by atoms with Crippen molar-refractivity contribution in [1.82, 2.24) is 5.32 Å². The molecule has 0 saturated heterocycles. The standard InChI is InChI=1S/C21H18N2O5/c24-21(15-27-18-12-8-17(9-13-18)23(25)26)22-14-16-6-10-20(11-7-16)28-19-4-2-1-3-5-19/h1-13H,14-15H2,(H,22,24). The van der Waals surface area contributed by atoms with Crippen molar-refractivity contribution in [3.63, 3.8) is 0 Å². The molecule has 3 aromatic carbocycles. The van der Waals surface area contributed by atoms with Gasteiger partial charge in [0.15, 0.2) is 6.61 Å². The number of non-ortho nitro benzene ring substituents is 1. The van der Waals surface area contributed by atoms with Crippen LogP contribution in [-0.2, 0) is 11.3 Å². The van der Waals surface area contributed by atoms with Crippen molar-refractivity contribution in [2.24, 2.45) is 0 Å². The molecule has 1 N–H and O–H groups in total. The zero-order chi connectivity index (χ0) is 19.8. The minimum absolute atomic E-state index is 0.0310. The van der Waals surface area contributed by atoms with E-state index in [4.69, 9.17) is 9.47 Å². The summed E-state index contributed by atoms with van der Waals surface area (Å²) < 4.78 is 11.0. The van der Waals surface area contributed by atoms with Crippen LogP contribution in [0.25, 0.3) is 0 Å². The zero-order valence-electron chi connectivity index (χ0n) is 14.9. The molecule has 0 atom stereocenters. The number of nitro groups is 1. The van der Waals surface area contributed by atoms with Crippen LogP contribution in [0.2, 0.25) is 0 Å². The third-order valence-electron chi connectivity index (χ3n) is 3.81. The fraction of sp³-hybridized carbons (Fsp3) is 0.0952. The van der Waals surface area contributed by atoms with Gasteiger partial charge >= 0.3 is 0 Å². The lowest BCUT2D eigenvalue weighted by molar-refractivity contribution is -0.384. The minimum Gasteiger partial charge on any atom is -0.484 e. The molecule has 3 rings (SSSR count). The first-order valence-electron chi connectivity index (χ1n) is 8.56. The summed E-state index contributed by atoms with van der Waals surface area (Å²) in [5.74, 6) is 1.57. The summed E-state index contributed by atoms with van der Waals surface area (Å²) in [5, 5.41) is 13.4. The number of nitrogens with one attached hydrogen (secondary N) is 1. The molecule has 0 heterocycles. The molecule has 0 aliphatic rings. The molecule has 0 fully saturated rings. The quantitative estimate of drug-likeness (QED) is 0.471. The highest BCUT2D eigenvalue weighted by Gasteiger charge is 2.07. The molecule has 0 unspecified atom stereocenters. The van der Waals surface area contributed by atoms with Gasteiger partial charge in [0.25, 0.3) is 11.6 Å². The van der Waals surface area contributed by atoms with Gasteiger partial charge < -0.3 is 14.8 Å². The molecule has 0 spiro atoms. The summed E-state index contributed by atoms with van der Waals surface area (Å²) in [6, 6.07) is 22.4. The molecule has 3 aromatic rings. The highest BCUT2D eigenvalue weighted by atomic mass is 16.6. The second-order valence-corrected chi connectivity index (χ2v) is 5.88. The number of amides is 1. The molecule has 0 saturated carbocycles. The van der Waals surface area contributed by atoms with Crippen LogP contribution in [0.5, 0.6) is 17.2 Å². The zero-order valence-corrected chi connectivity index (χ0v) is 14.9. The van der Waals surface area contributed by atoms with Crippen molar-refractivity contribution in [3.05, 3.63) is 94.5 Å². The summed E-state index contributed by atoms with van der Waals surface area (Å²) in [7, 11) is 0. The van der Waals surface area contributed by atoms with E-state index in [-0.39, 0.29) is 18.2 Å². The van der Waals surface area contributed by atoms with Gasteiger partial charge in [-0.1, -0.05) is 30.3 Å². The molecule has 0 aromatic heterocycles. The van der Waals surface area contributed by atoms with Crippen LogP contribution < -0.4 is 14.8 Å². The first kappa shape index (κ1) is 18.9. The molecular weight excluding hydrogens is 360 g/mol. The van der Waals surface area contributed by atoms with E-state index in [9.17, 15) is 14.9 Å². The van der Waals surface area contributed by atoms with E-state index >= 15 is 0 Å². The maximum absolute atomic E-state index is 11.9. The third-order valence-corrected chi connectivity index (χ3v) is 3.81. The fourth-order valence-corrected chi connectivity index (χ4v) is 2.36. The van der Waals surface area contributed by atoms with Crippen molar-refractivity contribution in [3.8, 4) is 17.2 Å². The number of carbonyl (C=O) groups excluding carboxylic acids is 1. The molecule has 28 heavy (non-hydrogen) atoms. The number of rotatable bonds is 8. The predicted octanol–water partition coefficient (Wildman–Crippen LogP) is 4.08. The Morgan fingerprint density at radius 2 is 1.46 bits per heavy atom. The largest absolute Gasteiger partial charge is 0.484 e. The summed E-state index contributed by atoms with van der Waals surface area (Å²) in [6.07, 6.45) is 0. The Hall–Kier alpha value is -3.87. The lowest BCUT2D eigenvalue weighted by atomic mass is 10.2. The SMILES string of the molecule is O=C(COc1ccc([N+](=O)[O-])cc1)NCc1ccc(Oc2ccccc2)cc1. The van der Waals surface area contributed by atoms with Crippen LogP contribution in [0.1, 0.15) is 5.56 Å². The van der Waals surface area contributed by atoms with E-state index in [1.54, 1.807) is 0 Å². The number of hydrogen-bond acceptors (Lipinski definition) is 5. The molecule has 0 aliphatic heterocycles. The van der Waals surface area contributed by atoms with Crippen molar-refractivity contribution in [2.75, 3.05) is 6.61 Å². The number of nitro benzene ring substituents is 1. The Labute approximate surface area is 161 Å². The molecule has 142 valence electrons. The first-order chi connectivity index (χ1) is 13.6. The van der Waals surface area contributed by atoms with Crippen molar-refractivity contribution in [1.29, 1.82) is 0 Å². The number of carbonyl (C=O) groups is 1. The van der Waals surface area contributed by atoms with Crippen LogP contribution >= 0.6 is 0 Å². The monoisotopic (exact) mass is 378 g/mol. The van der Waals surface area contributed by atoms with E-state index in [0.29, 0.717) is 18.0 Å². The number of benzene rings is 3. The predicted molar refractivity (Wildman–Crippen MR) is 103 cm³/mol. The van der Waals surface area contributed by atoms with Crippen LogP contribution in [0, 0.1) is 10.1 Å². The number of nitrogens with zero attached hydrogens (tertiary/aromatic N) is 1. The third kappa shape index (κ3) is 5.57. The highest BCUT2D eigenvalue weighted by molar-refractivity contribution is 5.77. The van der Waals surface area contributed by atoms with E-state index < -0.39 is 4.92 Å². The van der Waals surface area contributed by atoms with E-state index in [1.807, 2.05) is 54.6 Å². The Kier molecular flexibility index (Phi) is 6.20. The van der Waals surface area contributed by atoms with Crippen LogP contribution in [0.4, 0.5) is 5.69 Å². The van der Waals surface area contributed by atoms with Crippen LogP contribution in [0.15, 0.2) is 78.9 Å². The van der Waals surface area contributed by atoms with Crippen LogP contribution in [0.3, 0.4) is 0 Å². The summed E-state index contributed by atoms with van der Waals surface area (Å²) in [4.78, 5) is 22.0.